The van der Waals surface area contributed by atoms with Gasteiger partial charge in [-0.15, -0.1) is 0 Å². The highest BCUT2D eigenvalue weighted by Crippen LogP contribution is 2.09. The molecule has 182 valence electrons. The largest absolute Gasteiger partial charge is 0.379 e. The molecular formula is C26H54O4. The van der Waals surface area contributed by atoms with E-state index in [1.165, 1.54) is 103 Å². The van der Waals surface area contributed by atoms with E-state index < -0.39 is 0 Å². The van der Waals surface area contributed by atoms with Crippen LogP contribution < -0.4 is 0 Å². The second-order valence-corrected chi connectivity index (χ2v) is 8.40. The van der Waals surface area contributed by atoms with Crippen LogP contribution in [-0.2, 0) is 18.9 Å². The van der Waals surface area contributed by atoms with E-state index in [1.54, 1.807) is 0 Å². The SMILES string of the molecule is CCCCCCCCCCOCCOCCOCCOCCCCCCCCCC. The Labute approximate surface area is 188 Å². The second kappa shape index (κ2) is 28.8. The van der Waals surface area contributed by atoms with Crippen LogP contribution >= 0.6 is 0 Å². The van der Waals surface area contributed by atoms with Crippen molar-refractivity contribution in [1.29, 1.82) is 0 Å². The number of rotatable bonds is 27. The Morgan fingerprint density at radius 1 is 0.267 bits per heavy atom. The van der Waals surface area contributed by atoms with Crippen molar-refractivity contribution in [2.75, 3.05) is 52.9 Å². The third-order valence-electron chi connectivity index (χ3n) is 5.40. The average molecular weight is 431 g/mol. The van der Waals surface area contributed by atoms with E-state index in [0.717, 1.165) is 13.2 Å². The molecule has 4 heteroatoms. The van der Waals surface area contributed by atoms with Gasteiger partial charge in [-0.2, -0.15) is 0 Å². The molecule has 0 aliphatic rings. The number of unbranched alkanes of at least 4 members (excludes halogenated alkanes) is 14. The minimum absolute atomic E-state index is 0.638. The first-order valence-electron chi connectivity index (χ1n) is 13.2. The predicted molar refractivity (Wildman–Crippen MR) is 128 cm³/mol. The van der Waals surface area contributed by atoms with Gasteiger partial charge in [-0.3, -0.25) is 0 Å². The minimum Gasteiger partial charge on any atom is -0.379 e. The molecule has 0 saturated carbocycles. The highest BCUT2D eigenvalue weighted by atomic mass is 16.6. The van der Waals surface area contributed by atoms with E-state index in [1.807, 2.05) is 0 Å². The summed E-state index contributed by atoms with van der Waals surface area (Å²) in [6.07, 6.45) is 21.4. The number of hydrogen-bond acceptors (Lipinski definition) is 4. The summed E-state index contributed by atoms with van der Waals surface area (Å²) in [5.74, 6) is 0. The van der Waals surface area contributed by atoms with Gasteiger partial charge in [0.05, 0.1) is 39.6 Å². The predicted octanol–water partition coefficient (Wildman–Crippen LogP) is 7.33. The Morgan fingerprint density at radius 2 is 0.500 bits per heavy atom. The lowest BCUT2D eigenvalue weighted by Crippen LogP contribution is -2.12. The van der Waals surface area contributed by atoms with Gasteiger partial charge >= 0.3 is 0 Å². The molecule has 0 bridgehead atoms. The zero-order chi connectivity index (χ0) is 21.8. The van der Waals surface area contributed by atoms with E-state index >= 15 is 0 Å². The smallest absolute Gasteiger partial charge is 0.0701 e. The molecule has 0 radical (unpaired) electrons. The monoisotopic (exact) mass is 430 g/mol. The van der Waals surface area contributed by atoms with Crippen LogP contribution in [0.2, 0.25) is 0 Å². The molecule has 0 aromatic rings. The van der Waals surface area contributed by atoms with Crippen LogP contribution in [0.25, 0.3) is 0 Å². The van der Waals surface area contributed by atoms with Crippen LogP contribution in [0.3, 0.4) is 0 Å². The van der Waals surface area contributed by atoms with Crippen molar-refractivity contribution in [2.24, 2.45) is 0 Å². The normalized spacial score (nSPS) is 11.4. The maximum atomic E-state index is 5.62. The highest BCUT2D eigenvalue weighted by Gasteiger charge is 1.95. The molecule has 0 aliphatic carbocycles. The third kappa shape index (κ3) is 27.8. The molecule has 0 aliphatic heterocycles. The summed E-state index contributed by atoms with van der Waals surface area (Å²) in [6, 6.07) is 0. The lowest BCUT2D eigenvalue weighted by atomic mass is 10.1. The fourth-order valence-corrected chi connectivity index (χ4v) is 3.44. The van der Waals surface area contributed by atoms with E-state index in [4.69, 9.17) is 18.9 Å². The van der Waals surface area contributed by atoms with Gasteiger partial charge in [0.2, 0.25) is 0 Å². The van der Waals surface area contributed by atoms with Crippen LogP contribution in [-0.4, -0.2) is 52.9 Å². The van der Waals surface area contributed by atoms with Crippen molar-refractivity contribution in [3.63, 3.8) is 0 Å². The van der Waals surface area contributed by atoms with Crippen LogP contribution in [0.1, 0.15) is 117 Å². The Balaban J connectivity index is 2.97. The molecule has 0 heterocycles. The zero-order valence-electron chi connectivity index (χ0n) is 20.6. The van der Waals surface area contributed by atoms with Gasteiger partial charge < -0.3 is 18.9 Å². The Bertz CT molecular complexity index is 258. The Morgan fingerprint density at radius 3 is 0.800 bits per heavy atom. The van der Waals surface area contributed by atoms with Gasteiger partial charge in [-0.25, -0.2) is 0 Å². The summed E-state index contributed by atoms with van der Waals surface area (Å²) in [5.41, 5.74) is 0. The maximum Gasteiger partial charge on any atom is 0.0701 e. The maximum absolute atomic E-state index is 5.62. The van der Waals surface area contributed by atoms with Crippen molar-refractivity contribution in [2.45, 2.75) is 117 Å². The molecule has 0 spiro atoms. The lowest BCUT2D eigenvalue weighted by molar-refractivity contribution is -0.00248. The highest BCUT2D eigenvalue weighted by molar-refractivity contribution is 4.47. The molecule has 0 unspecified atom stereocenters. The zero-order valence-corrected chi connectivity index (χ0v) is 20.6. The molecule has 4 nitrogen and oxygen atoms in total. The van der Waals surface area contributed by atoms with E-state index in [-0.39, 0.29) is 0 Å². The van der Waals surface area contributed by atoms with Crippen LogP contribution in [0.4, 0.5) is 0 Å². The molecule has 0 amide bonds. The topological polar surface area (TPSA) is 36.9 Å². The van der Waals surface area contributed by atoms with Crippen LogP contribution in [0.15, 0.2) is 0 Å². The van der Waals surface area contributed by atoms with Gasteiger partial charge in [0.1, 0.15) is 0 Å². The quantitative estimate of drug-likeness (QED) is 0.128. The summed E-state index contributed by atoms with van der Waals surface area (Å²) in [7, 11) is 0. The molecule has 0 aromatic carbocycles. The molecule has 0 fully saturated rings. The van der Waals surface area contributed by atoms with Gasteiger partial charge in [0, 0.05) is 13.2 Å². The molecule has 30 heavy (non-hydrogen) atoms. The summed E-state index contributed by atoms with van der Waals surface area (Å²) >= 11 is 0. The standard InChI is InChI=1S/C26H54O4/c1-3-5-7-9-11-13-15-17-19-27-21-23-29-25-26-30-24-22-28-20-18-16-14-12-10-8-6-4-2/h3-26H2,1-2H3. The molecule has 0 saturated heterocycles. The second-order valence-electron chi connectivity index (χ2n) is 8.40. The molecule has 0 N–H and O–H groups in total. The van der Waals surface area contributed by atoms with Crippen molar-refractivity contribution in [1.82, 2.24) is 0 Å². The Kier molecular flexibility index (Phi) is 28.7. The molecule has 0 aromatic heterocycles. The van der Waals surface area contributed by atoms with Crippen LogP contribution in [0.5, 0.6) is 0 Å². The summed E-state index contributed by atoms with van der Waals surface area (Å²) < 4.78 is 22.3. The van der Waals surface area contributed by atoms with Crippen molar-refractivity contribution >= 4 is 0 Å². The number of ether oxygens (including phenoxy) is 4. The van der Waals surface area contributed by atoms with Crippen LogP contribution in [0, 0.1) is 0 Å². The molecule has 0 atom stereocenters. The van der Waals surface area contributed by atoms with Crippen molar-refractivity contribution in [3.8, 4) is 0 Å². The first-order chi connectivity index (χ1) is 14.9. The van der Waals surface area contributed by atoms with Gasteiger partial charge in [-0.05, 0) is 12.8 Å². The van der Waals surface area contributed by atoms with Gasteiger partial charge in [0.25, 0.3) is 0 Å². The summed E-state index contributed by atoms with van der Waals surface area (Å²) in [6.45, 7) is 10.3. The minimum atomic E-state index is 0.638. The Hall–Kier alpha value is -0.160. The van der Waals surface area contributed by atoms with E-state index in [9.17, 15) is 0 Å². The summed E-state index contributed by atoms with van der Waals surface area (Å²) in [5, 5.41) is 0. The van der Waals surface area contributed by atoms with Gasteiger partial charge in [0.15, 0.2) is 0 Å². The molecule has 0 rings (SSSR count). The average Bonchev–Trinajstić information content (AvgIpc) is 2.76. The van der Waals surface area contributed by atoms with Crippen molar-refractivity contribution in [3.05, 3.63) is 0 Å². The molecular weight excluding hydrogens is 376 g/mol. The lowest BCUT2D eigenvalue weighted by Gasteiger charge is -2.08. The van der Waals surface area contributed by atoms with E-state index in [2.05, 4.69) is 13.8 Å². The summed E-state index contributed by atoms with van der Waals surface area (Å²) in [4.78, 5) is 0. The first-order valence-corrected chi connectivity index (χ1v) is 13.2. The first kappa shape index (κ1) is 29.8. The fraction of sp³-hybridized carbons (Fsp3) is 1.00. The fourth-order valence-electron chi connectivity index (χ4n) is 3.44. The third-order valence-corrected chi connectivity index (χ3v) is 5.40. The number of hydrogen-bond donors (Lipinski definition) is 0. The van der Waals surface area contributed by atoms with Gasteiger partial charge in [-0.1, -0.05) is 104 Å². The van der Waals surface area contributed by atoms with Crippen molar-refractivity contribution < 1.29 is 18.9 Å². The van der Waals surface area contributed by atoms with E-state index in [0.29, 0.717) is 39.6 Å².